The van der Waals surface area contributed by atoms with E-state index in [2.05, 4.69) is 20.8 Å². The van der Waals surface area contributed by atoms with Crippen LogP contribution in [0.25, 0.3) is 6.08 Å². The third-order valence-corrected chi connectivity index (χ3v) is 8.33. The zero-order chi connectivity index (χ0) is 24.0. The van der Waals surface area contributed by atoms with Crippen LogP contribution in [0.3, 0.4) is 0 Å². The van der Waals surface area contributed by atoms with Gasteiger partial charge in [-0.3, -0.25) is 0 Å². The number of hydrogen-bond acceptors (Lipinski definition) is 6. The van der Waals surface area contributed by atoms with E-state index in [0.717, 1.165) is 18.4 Å². The highest BCUT2D eigenvalue weighted by Gasteiger charge is 2.72. The maximum Gasteiger partial charge on any atom is 0.332 e. The van der Waals surface area contributed by atoms with E-state index in [9.17, 15) is 14.7 Å². The first-order valence-corrected chi connectivity index (χ1v) is 12.1. The molecule has 6 nitrogen and oxygen atoms in total. The highest BCUT2D eigenvalue weighted by molar-refractivity contribution is 6.30. The van der Waals surface area contributed by atoms with Crippen molar-refractivity contribution in [2.75, 3.05) is 6.61 Å². The van der Waals surface area contributed by atoms with Crippen LogP contribution in [0.1, 0.15) is 52.5 Å². The topological polar surface area (TPSA) is 82.1 Å². The Morgan fingerprint density at radius 3 is 2.58 bits per heavy atom. The summed E-state index contributed by atoms with van der Waals surface area (Å²) in [5.74, 6) is -0.495. The van der Waals surface area contributed by atoms with Gasteiger partial charge in [0.1, 0.15) is 30.0 Å². The molecule has 2 heterocycles. The van der Waals surface area contributed by atoms with Gasteiger partial charge < -0.3 is 19.3 Å². The Labute approximate surface area is 200 Å². The first-order valence-electron chi connectivity index (χ1n) is 11.8. The SMILES string of the molecule is CC(C)C12C[C@@H](OC(=O)CO)[C@@](C)(O1)[C@@H]1CC[C@@H](C)[C@H]1[C@@H]2OC(=O)C=Cc1ccc(Cl)cc1. The molecule has 3 fully saturated rings. The van der Waals surface area contributed by atoms with E-state index in [-0.39, 0.29) is 17.8 Å². The van der Waals surface area contributed by atoms with Crippen LogP contribution >= 0.6 is 11.6 Å². The van der Waals surface area contributed by atoms with Crippen molar-refractivity contribution >= 4 is 29.6 Å². The number of benzene rings is 1. The van der Waals surface area contributed by atoms with Crippen molar-refractivity contribution in [1.82, 2.24) is 0 Å². The highest BCUT2D eigenvalue weighted by atomic mass is 35.5. The number of ether oxygens (including phenoxy) is 3. The van der Waals surface area contributed by atoms with Gasteiger partial charge in [-0.15, -0.1) is 0 Å². The third kappa shape index (κ3) is 4.22. The summed E-state index contributed by atoms with van der Waals surface area (Å²) in [5.41, 5.74) is -0.586. The molecule has 33 heavy (non-hydrogen) atoms. The van der Waals surface area contributed by atoms with Crippen molar-refractivity contribution in [2.24, 2.45) is 23.7 Å². The Hall–Kier alpha value is -1.89. The molecule has 0 spiro atoms. The number of hydrogen-bond donors (Lipinski definition) is 1. The molecule has 7 heteroatoms. The average Bonchev–Trinajstić information content (AvgIpc) is 3.29. The largest absolute Gasteiger partial charge is 0.457 e. The normalized spacial score (nSPS) is 37.4. The first kappa shape index (κ1) is 24.2. The summed E-state index contributed by atoms with van der Waals surface area (Å²) < 4.78 is 18.6. The third-order valence-electron chi connectivity index (χ3n) is 8.08. The van der Waals surface area contributed by atoms with Crippen LogP contribution in [0, 0.1) is 23.7 Å². The minimum Gasteiger partial charge on any atom is -0.457 e. The number of aliphatic hydroxyl groups excluding tert-OH is 1. The summed E-state index contributed by atoms with van der Waals surface area (Å²) in [5, 5.41) is 9.90. The molecule has 1 unspecified atom stereocenters. The van der Waals surface area contributed by atoms with E-state index >= 15 is 0 Å². The van der Waals surface area contributed by atoms with Crippen molar-refractivity contribution < 1.29 is 28.9 Å². The predicted molar refractivity (Wildman–Crippen MR) is 124 cm³/mol. The quantitative estimate of drug-likeness (QED) is 0.483. The summed E-state index contributed by atoms with van der Waals surface area (Å²) in [6.45, 7) is 7.66. The Balaban J connectivity index is 1.64. The molecule has 2 aliphatic heterocycles. The van der Waals surface area contributed by atoms with Crippen molar-refractivity contribution in [3.8, 4) is 0 Å². The fourth-order valence-corrected chi connectivity index (χ4v) is 6.47. The van der Waals surface area contributed by atoms with Crippen LogP contribution in [0.5, 0.6) is 0 Å². The fraction of sp³-hybridized carbons (Fsp3) is 0.615. The molecule has 1 aromatic rings. The summed E-state index contributed by atoms with van der Waals surface area (Å²) in [7, 11) is 0. The van der Waals surface area contributed by atoms with E-state index in [1.165, 1.54) is 6.08 Å². The fourth-order valence-electron chi connectivity index (χ4n) is 6.34. The Morgan fingerprint density at radius 2 is 1.94 bits per heavy atom. The van der Waals surface area contributed by atoms with Gasteiger partial charge >= 0.3 is 11.9 Å². The highest BCUT2D eigenvalue weighted by Crippen LogP contribution is 2.63. The van der Waals surface area contributed by atoms with Crippen molar-refractivity contribution in [1.29, 1.82) is 0 Å². The van der Waals surface area contributed by atoms with Gasteiger partial charge in [-0.1, -0.05) is 44.5 Å². The van der Waals surface area contributed by atoms with E-state index in [1.807, 2.05) is 19.1 Å². The zero-order valence-electron chi connectivity index (χ0n) is 19.6. The number of fused-ring (bicyclic) bond motifs is 4. The second-order valence-electron chi connectivity index (χ2n) is 10.2. The van der Waals surface area contributed by atoms with Crippen molar-refractivity contribution in [3.05, 3.63) is 40.9 Å². The molecule has 2 bridgehead atoms. The number of carbonyl (C=O) groups excluding carboxylic acids is 2. The average molecular weight is 477 g/mol. The predicted octanol–water partition coefficient (Wildman–Crippen LogP) is 4.42. The molecule has 180 valence electrons. The summed E-state index contributed by atoms with van der Waals surface area (Å²) in [4.78, 5) is 25.0. The van der Waals surface area contributed by atoms with Gasteiger partial charge in [0.05, 0.1) is 0 Å². The second kappa shape index (κ2) is 9.05. The number of aliphatic hydroxyl groups is 1. The molecule has 1 N–H and O–H groups in total. The molecule has 3 aliphatic rings. The van der Waals surface area contributed by atoms with Crippen molar-refractivity contribution in [2.45, 2.75) is 70.4 Å². The Bertz CT molecular complexity index is 927. The molecule has 0 amide bonds. The minimum atomic E-state index is -0.765. The van der Waals surface area contributed by atoms with Gasteiger partial charge in [-0.2, -0.15) is 0 Å². The van der Waals surface area contributed by atoms with E-state index in [0.29, 0.717) is 17.4 Å². The van der Waals surface area contributed by atoms with Crippen LogP contribution < -0.4 is 0 Å². The van der Waals surface area contributed by atoms with Crippen LogP contribution in [0.15, 0.2) is 30.3 Å². The minimum absolute atomic E-state index is 0.0291. The lowest BCUT2D eigenvalue weighted by Crippen LogP contribution is -2.62. The monoisotopic (exact) mass is 476 g/mol. The lowest BCUT2D eigenvalue weighted by atomic mass is 9.69. The standard InChI is InChI=1S/C26H33ClO6/c1-15(2)26-13-20(31-22(30)14-28)25(4,33-26)19-11-5-16(3)23(19)24(26)32-21(29)12-8-17-6-9-18(27)10-7-17/h6-10,12,15-16,19-20,23-24,28H,5,11,13-14H2,1-4H3/t16-,19-,20-,23-,24+,25+,26?/m1/s1. The molecule has 4 rings (SSSR count). The van der Waals surface area contributed by atoms with Gasteiger partial charge in [0.15, 0.2) is 0 Å². The number of carbonyl (C=O) groups is 2. The maximum atomic E-state index is 13.0. The van der Waals surface area contributed by atoms with E-state index in [1.54, 1.807) is 18.2 Å². The van der Waals surface area contributed by atoms with Crippen LogP contribution in [-0.4, -0.2) is 47.1 Å². The molecule has 1 aromatic carbocycles. The van der Waals surface area contributed by atoms with E-state index < -0.39 is 42.0 Å². The number of rotatable bonds is 6. The summed E-state index contributed by atoms with van der Waals surface area (Å²) >= 11 is 5.94. The van der Waals surface area contributed by atoms with Gasteiger partial charge in [0.25, 0.3) is 0 Å². The van der Waals surface area contributed by atoms with Crippen LogP contribution in [-0.2, 0) is 23.8 Å². The van der Waals surface area contributed by atoms with E-state index in [4.69, 9.17) is 25.8 Å². The van der Waals surface area contributed by atoms with Gasteiger partial charge in [0, 0.05) is 23.4 Å². The summed E-state index contributed by atoms with van der Waals surface area (Å²) in [6.07, 6.45) is 4.56. The molecule has 1 aliphatic carbocycles. The second-order valence-corrected chi connectivity index (χ2v) is 10.7. The molecule has 1 saturated carbocycles. The van der Waals surface area contributed by atoms with Gasteiger partial charge in [-0.25, -0.2) is 9.59 Å². The smallest absolute Gasteiger partial charge is 0.332 e. The van der Waals surface area contributed by atoms with Crippen molar-refractivity contribution in [3.63, 3.8) is 0 Å². The van der Waals surface area contributed by atoms with Gasteiger partial charge in [0.2, 0.25) is 0 Å². The lowest BCUT2D eigenvalue weighted by Gasteiger charge is -2.52. The van der Waals surface area contributed by atoms with Crippen LogP contribution in [0.2, 0.25) is 5.02 Å². The molecular formula is C26H33ClO6. The molecule has 2 saturated heterocycles. The molecule has 0 radical (unpaired) electrons. The maximum absolute atomic E-state index is 13.0. The number of halogens is 1. The number of esters is 2. The lowest BCUT2D eigenvalue weighted by molar-refractivity contribution is -0.264. The van der Waals surface area contributed by atoms with Crippen LogP contribution in [0.4, 0.5) is 0 Å². The van der Waals surface area contributed by atoms with Gasteiger partial charge in [-0.05, 0) is 61.3 Å². The molecule has 7 atom stereocenters. The first-order chi connectivity index (χ1) is 15.6. The zero-order valence-corrected chi connectivity index (χ0v) is 20.4. The molecule has 0 aromatic heterocycles. The Kier molecular flexibility index (Phi) is 6.64. The molecular weight excluding hydrogens is 444 g/mol. The summed E-state index contributed by atoms with van der Waals surface area (Å²) in [6, 6.07) is 7.21. The Morgan fingerprint density at radius 1 is 1.24 bits per heavy atom.